The summed E-state index contributed by atoms with van der Waals surface area (Å²) in [4.78, 5) is 13.3. The predicted octanol–water partition coefficient (Wildman–Crippen LogP) is 1.71. The monoisotopic (exact) mass is 193 g/mol. The minimum absolute atomic E-state index is 0.0278. The summed E-state index contributed by atoms with van der Waals surface area (Å²) in [5.74, 6) is 0.601. The number of carbonyl (C=O) groups excluding carboxylic acids is 1. The first-order chi connectivity index (χ1) is 6.57. The molecule has 0 N–H and O–H groups in total. The summed E-state index contributed by atoms with van der Waals surface area (Å²) in [6.45, 7) is 1.90. The normalized spacial score (nSPS) is 9.71. The van der Waals surface area contributed by atoms with Crippen molar-refractivity contribution in [3.8, 4) is 5.75 Å². The fraction of sp³-hybridized carbons (Fsp3) is 0.364. The Labute approximate surface area is 84.3 Å². The van der Waals surface area contributed by atoms with Crippen LogP contribution in [0.5, 0.6) is 5.75 Å². The Morgan fingerprint density at radius 1 is 1.36 bits per heavy atom. The highest BCUT2D eigenvalue weighted by molar-refractivity contribution is 5.98. The van der Waals surface area contributed by atoms with Crippen molar-refractivity contribution < 1.29 is 9.53 Å². The summed E-state index contributed by atoms with van der Waals surface area (Å²) in [5.41, 5.74) is 1.57. The molecule has 14 heavy (non-hydrogen) atoms. The van der Waals surface area contributed by atoms with Crippen LogP contribution in [-0.4, -0.2) is 32.0 Å². The molecule has 0 spiro atoms. The molecule has 0 aliphatic rings. The fourth-order valence-electron chi connectivity index (χ4n) is 1.31. The van der Waals surface area contributed by atoms with Crippen LogP contribution in [0.3, 0.4) is 0 Å². The Bertz CT molecular complexity index is 345. The molecule has 1 aromatic carbocycles. The van der Waals surface area contributed by atoms with E-state index in [-0.39, 0.29) is 5.91 Å². The number of carbonyl (C=O) groups is 1. The lowest BCUT2D eigenvalue weighted by atomic mass is 10.1. The van der Waals surface area contributed by atoms with E-state index in [2.05, 4.69) is 0 Å². The van der Waals surface area contributed by atoms with Gasteiger partial charge in [0.05, 0.1) is 12.7 Å². The van der Waals surface area contributed by atoms with Gasteiger partial charge in [-0.1, -0.05) is 12.1 Å². The second-order valence-electron chi connectivity index (χ2n) is 3.35. The number of benzene rings is 1. The average molecular weight is 193 g/mol. The summed E-state index contributed by atoms with van der Waals surface area (Å²) >= 11 is 0. The number of nitrogens with zero attached hydrogens (tertiary/aromatic N) is 1. The Kier molecular flexibility index (Phi) is 3.12. The third kappa shape index (κ3) is 1.87. The van der Waals surface area contributed by atoms with Gasteiger partial charge in [-0.15, -0.1) is 0 Å². The zero-order chi connectivity index (χ0) is 10.7. The molecule has 0 saturated heterocycles. The van der Waals surface area contributed by atoms with Gasteiger partial charge in [-0.25, -0.2) is 0 Å². The Hall–Kier alpha value is -1.51. The number of amides is 1. The molecular weight excluding hydrogens is 178 g/mol. The topological polar surface area (TPSA) is 29.5 Å². The van der Waals surface area contributed by atoms with Gasteiger partial charge in [0.2, 0.25) is 0 Å². The lowest BCUT2D eigenvalue weighted by molar-refractivity contribution is 0.0823. The van der Waals surface area contributed by atoms with E-state index in [9.17, 15) is 4.79 Å². The molecule has 1 rings (SSSR count). The van der Waals surface area contributed by atoms with Crippen LogP contribution in [0.15, 0.2) is 18.2 Å². The Balaban J connectivity index is 3.23. The van der Waals surface area contributed by atoms with Crippen LogP contribution in [0.4, 0.5) is 0 Å². The second kappa shape index (κ2) is 4.13. The van der Waals surface area contributed by atoms with Crippen molar-refractivity contribution in [1.82, 2.24) is 4.90 Å². The first-order valence-corrected chi connectivity index (χ1v) is 4.43. The molecule has 0 unspecified atom stereocenters. The van der Waals surface area contributed by atoms with Gasteiger partial charge in [0.15, 0.2) is 0 Å². The molecule has 0 aromatic heterocycles. The van der Waals surface area contributed by atoms with E-state index in [0.717, 1.165) is 5.56 Å². The van der Waals surface area contributed by atoms with Crippen LogP contribution in [0, 0.1) is 6.92 Å². The molecule has 0 heterocycles. The van der Waals surface area contributed by atoms with E-state index >= 15 is 0 Å². The zero-order valence-electron chi connectivity index (χ0n) is 9.00. The van der Waals surface area contributed by atoms with Crippen molar-refractivity contribution >= 4 is 5.91 Å². The number of ether oxygens (including phenoxy) is 1. The minimum atomic E-state index is -0.0278. The fourth-order valence-corrected chi connectivity index (χ4v) is 1.31. The van der Waals surface area contributed by atoms with E-state index in [1.807, 2.05) is 19.1 Å². The highest BCUT2D eigenvalue weighted by atomic mass is 16.5. The smallest absolute Gasteiger partial charge is 0.257 e. The van der Waals surface area contributed by atoms with Crippen LogP contribution < -0.4 is 4.74 Å². The molecule has 0 bridgehead atoms. The first-order valence-electron chi connectivity index (χ1n) is 4.43. The van der Waals surface area contributed by atoms with Gasteiger partial charge < -0.3 is 9.64 Å². The molecule has 0 radical (unpaired) electrons. The lowest BCUT2D eigenvalue weighted by Gasteiger charge is -2.15. The summed E-state index contributed by atoms with van der Waals surface area (Å²) in [6, 6.07) is 5.57. The van der Waals surface area contributed by atoms with Gasteiger partial charge in [-0.05, 0) is 18.6 Å². The summed E-state index contributed by atoms with van der Waals surface area (Å²) in [6.07, 6.45) is 0. The molecule has 0 fully saturated rings. The highest BCUT2D eigenvalue weighted by Crippen LogP contribution is 2.22. The molecule has 0 atom stereocenters. The Morgan fingerprint density at radius 2 is 2.00 bits per heavy atom. The van der Waals surface area contributed by atoms with Gasteiger partial charge in [0, 0.05) is 14.1 Å². The van der Waals surface area contributed by atoms with Crippen molar-refractivity contribution in [3.05, 3.63) is 29.3 Å². The van der Waals surface area contributed by atoms with Gasteiger partial charge in [0.25, 0.3) is 5.91 Å². The third-order valence-electron chi connectivity index (χ3n) is 2.07. The molecular formula is C11H15NO2. The highest BCUT2D eigenvalue weighted by Gasteiger charge is 2.15. The maximum atomic E-state index is 11.8. The lowest BCUT2D eigenvalue weighted by Crippen LogP contribution is -2.23. The van der Waals surface area contributed by atoms with Crippen LogP contribution in [0.25, 0.3) is 0 Å². The van der Waals surface area contributed by atoms with Crippen LogP contribution in [0.2, 0.25) is 0 Å². The largest absolute Gasteiger partial charge is 0.496 e. The number of aryl methyl sites for hydroxylation is 1. The summed E-state index contributed by atoms with van der Waals surface area (Å²) in [5, 5.41) is 0. The van der Waals surface area contributed by atoms with Crippen molar-refractivity contribution in [2.75, 3.05) is 21.2 Å². The van der Waals surface area contributed by atoms with E-state index in [1.54, 1.807) is 32.2 Å². The minimum Gasteiger partial charge on any atom is -0.496 e. The van der Waals surface area contributed by atoms with Gasteiger partial charge in [0.1, 0.15) is 5.75 Å². The van der Waals surface area contributed by atoms with Gasteiger partial charge in [-0.3, -0.25) is 4.79 Å². The maximum Gasteiger partial charge on any atom is 0.257 e. The molecule has 0 aliphatic heterocycles. The molecule has 1 aromatic rings. The van der Waals surface area contributed by atoms with Crippen LogP contribution in [0.1, 0.15) is 15.9 Å². The van der Waals surface area contributed by atoms with E-state index in [1.165, 1.54) is 0 Å². The molecule has 1 amide bonds. The molecule has 0 aliphatic carbocycles. The third-order valence-corrected chi connectivity index (χ3v) is 2.07. The quantitative estimate of drug-likeness (QED) is 0.715. The number of rotatable bonds is 2. The predicted molar refractivity (Wildman–Crippen MR) is 55.7 cm³/mol. The molecule has 0 saturated carbocycles. The van der Waals surface area contributed by atoms with Gasteiger partial charge >= 0.3 is 0 Å². The summed E-state index contributed by atoms with van der Waals surface area (Å²) < 4.78 is 5.15. The van der Waals surface area contributed by atoms with Crippen molar-refractivity contribution in [2.24, 2.45) is 0 Å². The first kappa shape index (κ1) is 10.6. The van der Waals surface area contributed by atoms with E-state index < -0.39 is 0 Å². The average Bonchev–Trinajstić information content (AvgIpc) is 2.16. The molecule has 3 heteroatoms. The number of methoxy groups -OCH3 is 1. The summed E-state index contributed by atoms with van der Waals surface area (Å²) in [7, 11) is 5.03. The van der Waals surface area contributed by atoms with E-state index in [4.69, 9.17) is 4.74 Å². The number of hydrogen-bond acceptors (Lipinski definition) is 2. The van der Waals surface area contributed by atoms with Gasteiger partial charge in [-0.2, -0.15) is 0 Å². The standard InChI is InChI=1S/C11H15NO2/c1-8-6-5-7-9(14-4)10(8)11(13)12(2)3/h5-7H,1-4H3. The van der Waals surface area contributed by atoms with Crippen molar-refractivity contribution in [1.29, 1.82) is 0 Å². The second-order valence-corrected chi connectivity index (χ2v) is 3.35. The molecule has 3 nitrogen and oxygen atoms in total. The van der Waals surface area contributed by atoms with E-state index in [0.29, 0.717) is 11.3 Å². The molecule has 76 valence electrons. The SMILES string of the molecule is COc1cccc(C)c1C(=O)N(C)C. The van der Waals surface area contributed by atoms with Crippen molar-refractivity contribution in [2.45, 2.75) is 6.92 Å². The zero-order valence-corrected chi connectivity index (χ0v) is 9.00. The van der Waals surface area contributed by atoms with Crippen LogP contribution >= 0.6 is 0 Å². The van der Waals surface area contributed by atoms with Crippen LogP contribution in [-0.2, 0) is 0 Å². The Morgan fingerprint density at radius 3 is 2.50 bits per heavy atom. The number of hydrogen-bond donors (Lipinski definition) is 0. The van der Waals surface area contributed by atoms with Crippen molar-refractivity contribution in [3.63, 3.8) is 0 Å². The maximum absolute atomic E-state index is 11.8.